The number of hydrogen-bond acceptors (Lipinski definition) is 5. The number of hydrogen-bond donors (Lipinski definition) is 1. The van der Waals surface area contributed by atoms with Crippen LogP contribution in [0.2, 0.25) is 5.02 Å². The van der Waals surface area contributed by atoms with E-state index >= 15 is 0 Å². The van der Waals surface area contributed by atoms with Gasteiger partial charge in [0.2, 0.25) is 10.0 Å². The summed E-state index contributed by atoms with van der Waals surface area (Å²) in [6, 6.07) is 7.77. The fourth-order valence-corrected chi connectivity index (χ4v) is 4.85. The lowest BCUT2D eigenvalue weighted by Crippen LogP contribution is -2.43. The van der Waals surface area contributed by atoms with Crippen molar-refractivity contribution in [3.05, 3.63) is 40.4 Å². The second kappa shape index (κ2) is 7.49. The van der Waals surface area contributed by atoms with Crippen molar-refractivity contribution in [2.45, 2.75) is 25.4 Å². The van der Waals surface area contributed by atoms with Crippen molar-refractivity contribution in [1.82, 2.24) is 14.6 Å². The SMILES string of the molecule is CS(=O)(=O)NC1CCN(Cc2csc(-c3ccccc3Cl)n2)CC1. The summed E-state index contributed by atoms with van der Waals surface area (Å²) in [4.78, 5) is 7.01. The molecule has 130 valence electrons. The molecule has 24 heavy (non-hydrogen) atoms. The normalized spacial score (nSPS) is 17.2. The van der Waals surface area contributed by atoms with E-state index in [4.69, 9.17) is 16.6 Å². The molecule has 0 radical (unpaired) electrons. The van der Waals surface area contributed by atoms with Crippen LogP contribution in [0.4, 0.5) is 0 Å². The Balaban J connectivity index is 1.58. The number of rotatable bonds is 5. The van der Waals surface area contributed by atoms with Crippen LogP contribution in [0.15, 0.2) is 29.6 Å². The molecule has 0 bridgehead atoms. The average Bonchev–Trinajstić information content (AvgIpc) is 2.96. The van der Waals surface area contributed by atoms with Crippen molar-refractivity contribution in [1.29, 1.82) is 0 Å². The topological polar surface area (TPSA) is 62.3 Å². The maximum Gasteiger partial charge on any atom is 0.208 e. The first-order chi connectivity index (χ1) is 11.4. The molecule has 1 saturated heterocycles. The fourth-order valence-electron chi connectivity index (χ4n) is 2.88. The first-order valence-corrected chi connectivity index (χ1v) is 10.9. The van der Waals surface area contributed by atoms with Gasteiger partial charge in [-0.15, -0.1) is 11.3 Å². The van der Waals surface area contributed by atoms with E-state index in [2.05, 4.69) is 15.0 Å². The van der Waals surface area contributed by atoms with Crippen LogP contribution in [-0.4, -0.2) is 43.7 Å². The van der Waals surface area contributed by atoms with Crippen molar-refractivity contribution in [2.75, 3.05) is 19.3 Å². The summed E-state index contributed by atoms with van der Waals surface area (Å²) in [5.74, 6) is 0. The predicted octanol–water partition coefficient (Wildman–Crippen LogP) is 2.98. The number of nitrogens with one attached hydrogen (secondary N) is 1. The summed E-state index contributed by atoms with van der Waals surface area (Å²) in [5.41, 5.74) is 2.00. The fraction of sp³-hybridized carbons (Fsp3) is 0.438. The van der Waals surface area contributed by atoms with Crippen LogP contribution in [-0.2, 0) is 16.6 Å². The van der Waals surface area contributed by atoms with E-state index in [1.807, 2.05) is 24.3 Å². The highest BCUT2D eigenvalue weighted by atomic mass is 35.5. The molecule has 2 aromatic rings. The molecule has 1 fully saturated rings. The molecule has 0 aliphatic carbocycles. The summed E-state index contributed by atoms with van der Waals surface area (Å²) in [7, 11) is -3.12. The van der Waals surface area contributed by atoms with E-state index in [1.165, 1.54) is 6.26 Å². The third-order valence-corrected chi connectivity index (χ3v) is 6.03. The highest BCUT2D eigenvalue weighted by Gasteiger charge is 2.22. The number of nitrogens with zero attached hydrogens (tertiary/aromatic N) is 2. The summed E-state index contributed by atoms with van der Waals surface area (Å²) in [5, 5.41) is 3.72. The zero-order valence-corrected chi connectivity index (χ0v) is 15.8. The Bertz CT molecular complexity index is 799. The van der Waals surface area contributed by atoms with Crippen LogP contribution in [0.3, 0.4) is 0 Å². The Labute approximate surface area is 151 Å². The van der Waals surface area contributed by atoms with E-state index in [0.29, 0.717) is 5.02 Å². The predicted molar refractivity (Wildman–Crippen MR) is 98.8 cm³/mol. The number of aromatic nitrogens is 1. The molecule has 5 nitrogen and oxygen atoms in total. The first kappa shape index (κ1) is 17.8. The number of halogens is 1. The van der Waals surface area contributed by atoms with E-state index in [1.54, 1.807) is 11.3 Å². The molecule has 3 rings (SSSR count). The number of benzene rings is 1. The Morgan fingerprint density at radius 3 is 2.71 bits per heavy atom. The Kier molecular flexibility index (Phi) is 5.56. The van der Waals surface area contributed by atoms with Gasteiger partial charge in [0.25, 0.3) is 0 Å². The average molecular weight is 386 g/mol. The molecule has 0 saturated carbocycles. The van der Waals surface area contributed by atoms with E-state index < -0.39 is 10.0 Å². The second-order valence-corrected chi connectivity index (χ2v) is 9.11. The molecular formula is C16H20ClN3O2S2. The highest BCUT2D eigenvalue weighted by Crippen LogP contribution is 2.30. The molecule has 0 unspecified atom stereocenters. The van der Waals surface area contributed by atoms with E-state index in [9.17, 15) is 8.42 Å². The lowest BCUT2D eigenvalue weighted by molar-refractivity contribution is 0.198. The van der Waals surface area contributed by atoms with Crippen LogP contribution >= 0.6 is 22.9 Å². The Morgan fingerprint density at radius 2 is 2.04 bits per heavy atom. The van der Waals surface area contributed by atoms with Gasteiger partial charge in [-0.3, -0.25) is 4.90 Å². The molecule has 1 aliphatic heterocycles. The molecule has 1 aliphatic rings. The summed E-state index contributed by atoms with van der Waals surface area (Å²) in [6.45, 7) is 2.52. The van der Waals surface area contributed by atoms with Crippen LogP contribution in [0.1, 0.15) is 18.5 Å². The number of thiazole rings is 1. The molecule has 8 heteroatoms. The molecule has 0 spiro atoms. The zero-order chi connectivity index (χ0) is 17.2. The quantitative estimate of drug-likeness (QED) is 0.859. The number of sulfonamides is 1. The minimum absolute atomic E-state index is 0.0466. The van der Waals surface area contributed by atoms with Crippen molar-refractivity contribution in [3.8, 4) is 10.6 Å². The zero-order valence-electron chi connectivity index (χ0n) is 13.4. The smallest absolute Gasteiger partial charge is 0.208 e. The van der Waals surface area contributed by atoms with Gasteiger partial charge >= 0.3 is 0 Å². The highest BCUT2D eigenvalue weighted by molar-refractivity contribution is 7.88. The lowest BCUT2D eigenvalue weighted by Gasteiger charge is -2.31. The molecule has 0 atom stereocenters. The lowest BCUT2D eigenvalue weighted by atomic mass is 10.1. The number of likely N-dealkylation sites (tertiary alicyclic amines) is 1. The third kappa shape index (κ3) is 4.77. The first-order valence-electron chi connectivity index (χ1n) is 7.80. The van der Waals surface area contributed by atoms with Crippen LogP contribution in [0.5, 0.6) is 0 Å². The van der Waals surface area contributed by atoms with E-state index in [0.717, 1.165) is 48.7 Å². The van der Waals surface area contributed by atoms with Crippen LogP contribution in [0.25, 0.3) is 10.6 Å². The molecular weight excluding hydrogens is 366 g/mol. The Morgan fingerprint density at radius 1 is 1.33 bits per heavy atom. The van der Waals surface area contributed by atoms with Gasteiger partial charge in [0.05, 0.1) is 17.0 Å². The molecule has 1 aromatic carbocycles. The summed E-state index contributed by atoms with van der Waals surface area (Å²) >= 11 is 7.83. The van der Waals surface area contributed by atoms with Gasteiger partial charge in [0.1, 0.15) is 5.01 Å². The second-order valence-electron chi connectivity index (χ2n) is 6.06. The minimum Gasteiger partial charge on any atom is -0.297 e. The van der Waals surface area contributed by atoms with Gasteiger partial charge in [-0.25, -0.2) is 18.1 Å². The monoisotopic (exact) mass is 385 g/mol. The van der Waals surface area contributed by atoms with Crippen molar-refractivity contribution in [2.24, 2.45) is 0 Å². The molecule has 1 N–H and O–H groups in total. The van der Waals surface area contributed by atoms with E-state index in [-0.39, 0.29) is 6.04 Å². The van der Waals surface area contributed by atoms with Crippen molar-refractivity contribution in [3.63, 3.8) is 0 Å². The molecule has 1 aromatic heterocycles. The maximum atomic E-state index is 11.3. The largest absolute Gasteiger partial charge is 0.297 e. The van der Waals surface area contributed by atoms with Gasteiger partial charge < -0.3 is 0 Å². The maximum absolute atomic E-state index is 11.3. The van der Waals surface area contributed by atoms with Crippen molar-refractivity contribution >= 4 is 33.0 Å². The standard InChI is InChI=1S/C16H20ClN3O2S2/c1-24(21,22)19-12-6-8-20(9-7-12)10-13-11-23-16(18-13)14-4-2-3-5-15(14)17/h2-5,11-12,19H,6-10H2,1H3. The third-order valence-electron chi connectivity index (χ3n) is 4.01. The van der Waals surface area contributed by atoms with Crippen molar-refractivity contribution < 1.29 is 8.42 Å². The van der Waals surface area contributed by atoms with Gasteiger partial charge in [0.15, 0.2) is 0 Å². The van der Waals surface area contributed by atoms with Crippen LogP contribution < -0.4 is 4.72 Å². The molecule has 0 amide bonds. The van der Waals surface area contributed by atoms with Gasteiger partial charge in [0, 0.05) is 36.6 Å². The van der Waals surface area contributed by atoms with Gasteiger partial charge in [-0.1, -0.05) is 29.8 Å². The Hall–Kier alpha value is -0.990. The molecule has 2 heterocycles. The summed E-state index contributed by atoms with van der Waals surface area (Å²) in [6.07, 6.45) is 2.87. The minimum atomic E-state index is -3.12. The summed E-state index contributed by atoms with van der Waals surface area (Å²) < 4.78 is 25.3. The van der Waals surface area contributed by atoms with Crippen LogP contribution in [0, 0.1) is 0 Å². The van der Waals surface area contributed by atoms with Gasteiger partial charge in [-0.2, -0.15) is 0 Å². The number of piperidine rings is 1. The van der Waals surface area contributed by atoms with Gasteiger partial charge in [-0.05, 0) is 18.9 Å².